The Morgan fingerprint density at radius 3 is 2.63 bits per heavy atom. The van der Waals surface area contributed by atoms with Crippen LogP contribution in [-0.2, 0) is 9.53 Å². The summed E-state index contributed by atoms with van der Waals surface area (Å²) in [4.78, 5) is 11.7. The van der Waals surface area contributed by atoms with E-state index in [2.05, 4.69) is 5.10 Å². The molecule has 1 atom stereocenters. The van der Waals surface area contributed by atoms with Crippen molar-refractivity contribution in [3.63, 3.8) is 0 Å². The van der Waals surface area contributed by atoms with Crippen molar-refractivity contribution < 1.29 is 19.4 Å². The summed E-state index contributed by atoms with van der Waals surface area (Å²) in [6.45, 7) is -0.167. The van der Waals surface area contributed by atoms with Crippen molar-refractivity contribution in [2.75, 3.05) is 25.8 Å². The van der Waals surface area contributed by atoms with Gasteiger partial charge in [0, 0.05) is 6.42 Å². The minimum absolute atomic E-state index is 0.167. The fourth-order valence-electron chi connectivity index (χ4n) is 1.96. The molecule has 0 spiro atoms. The molecule has 1 aliphatic rings. The number of nitrogens with zero attached hydrogens (tertiary/aromatic N) is 2. The lowest BCUT2D eigenvalue weighted by Gasteiger charge is -2.21. The molecule has 1 aromatic rings. The van der Waals surface area contributed by atoms with E-state index in [1.807, 2.05) is 0 Å². The number of hydrogen-bond donors (Lipinski definition) is 1. The van der Waals surface area contributed by atoms with Gasteiger partial charge in [-0.1, -0.05) is 0 Å². The molecule has 0 radical (unpaired) electrons. The molecular formula is C13H16N2O4. The predicted molar refractivity (Wildman–Crippen MR) is 70.4 cm³/mol. The zero-order valence-corrected chi connectivity index (χ0v) is 10.9. The molecule has 1 N–H and O–H groups in total. The molecule has 0 saturated heterocycles. The van der Waals surface area contributed by atoms with Crippen molar-refractivity contribution in [3.05, 3.63) is 24.3 Å². The third-order valence-corrected chi connectivity index (χ3v) is 2.97. The van der Waals surface area contributed by atoms with Crippen molar-refractivity contribution in [2.24, 2.45) is 5.10 Å². The van der Waals surface area contributed by atoms with E-state index in [4.69, 9.17) is 14.6 Å². The van der Waals surface area contributed by atoms with E-state index >= 15 is 0 Å². The molecule has 0 aromatic heterocycles. The summed E-state index contributed by atoms with van der Waals surface area (Å²) in [6.07, 6.45) is 0.370. The first-order valence-electron chi connectivity index (χ1n) is 5.88. The molecule has 6 nitrogen and oxygen atoms in total. The van der Waals surface area contributed by atoms with Gasteiger partial charge in [-0.15, -0.1) is 0 Å². The quantitative estimate of drug-likeness (QED) is 0.814. The van der Waals surface area contributed by atoms with E-state index in [-0.39, 0.29) is 12.6 Å². The van der Waals surface area contributed by atoms with Crippen LogP contribution >= 0.6 is 0 Å². The van der Waals surface area contributed by atoms with Crippen LogP contribution in [0.5, 0.6) is 5.75 Å². The average Bonchev–Trinajstić information content (AvgIpc) is 2.90. The maximum Gasteiger partial charge on any atom is 0.331 e. The molecule has 0 fully saturated rings. The van der Waals surface area contributed by atoms with Gasteiger partial charge in [0.2, 0.25) is 0 Å². The number of benzene rings is 1. The average molecular weight is 264 g/mol. The topological polar surface area (TPSA) is 71.4 Å². The smallest absolute Gasteiger partial charge is 0.331 e. The maximum atomic E-state index is 11.7. The number of hydrogen-bond acceptors (Lipinski definition) is 6. The zero-order valence-electron chi connectivity index (χ0n) is 10.9. The highest BCUT2D eigenvalue weighted by molar-refractivity contribution is 5.96. The van der Waals surface area contributed by atoms with E-state index in [9.17, 15) is 4.79 Å². The van der Waals surface area contributed by atoms with Crippen LogP contribution in [0.25, 0.3) is 0 Å². The van der Waals surface area contributed by atoms with E-state index < -0.39 is 6.04 Å². The fraction of sp³-hybridized carbons (Fsp3) is 0.385. The molecule has 0 aliphatic carbocycles. The van der Waals surface area contributed by atoms with Crippen molar-refractivity contribution in [2.45, 2.75) is 12.5 Å². The summed E-state index contributed by atoms with van der Waals surface area (Å²) < 4.78 is 9.85. The van der Waals surface area contributed by atoms with Crippen molar-refractivity contribution in [1.29, 1.82) is 0 Å². The SMILES string of the molecule is COC(=O)C1CC(CO)=NN1c1ccc(OC)cc1. The summed E-state index contributed by atoms with van der Waals surface area (Å²) in [5.41, 5.74) is 1.31. The Balaban J connectivity index is 2.27. The second-order valence-corrected chi connectivity index (χ2v) is 4.11. The number of anilines is 1. The number of methoxy groups -OCH3 is 2. The van der Waals surface area contributed by atoms with E-state index in [0.29, 0.717) is 12.1 Å². The highest BCUT2D eigenvalue weighted by Crippen LogP contribution is 2.27. The Hall–Kier alpha value is -2.08. The summed E-state index contributed by atoms with van der Waals surface area (Å²) in [6, 6.07) is 6.66. The van der Waals surface area contributed by atoms with Gasteiger partial charge >= 0.3 is 5.97 Å². The third-order valence-electron chi connectivity index (χ3n) is 2.97. The minimum atomic E-state index is -0.527. The normalized spacial score (nSPS) is 18.2. The maximum absolute atomic E-state index is 11.7. The zero-order chi connectivity index (χ0) is 13.8. The number of rotatable bonds is 4. The molecule has 0 bridgehead atoms. The highest BCUT2D eigenvalue weighted by atomic mass is 16.5. The number of esters is 1. The molecule has 1 aromatic carbocycles. The lowest BCUT2D eigenvalue weighted by Crippen LogP contribution is -2.35. The number of aliphatic hydroxyl groups is 1. The van der Waals surface area contributed by atoms with Gasteiger partial charge in [-0.3, -0.25) is 5.01 Å². The second kappa shape index (κ2) is 5.71. The molecule has 0 amide bonds. The molecule has 6 heteroatoms. The lowest BCUT2D eigenvalue weighted by molar-refractivity contribution is -0.141. The van der Waals surface area contributed by atoms with Crippen LogP contribution in [0.3, 0.4) is 0 Å². The number of hydrazone groups is 1. The largest absolute Gasteiger partial charge is 0.497 e. The fourth-order valence-corrected chi connectivity index (χ4v) is 1.96. The van der Waals surface area contributed by atoms with E-state index in [1.54, 1.807) is 36.4 Å². The minimum Gasteiger partial charge on any atom is -0.497 e. The highest BCUT2D eigenvalue weighted by Gasteiger charge is 2.34. The van der Waals surface area contributed by atoms with E-state index in [1.165, 1.54) is 7.11 Å². The van der Waals surface area contributed by atoms with Gasteiger partial charge < -0.3 is 14.6 Å². The lowest BCUT2D eigenvalue weighted by atomic mass is 10.1. The van der Waals surface area contributed by atoms with Gasteiger partial charge in [-0.05, 0) is 24.3 Å². The van der Waals surface area contributed by atoms with Crippen LogP contribution in [0.15, 0.2) is 29.4 Å². The standard InChI is InChI=1S/C13H16N2O4/c1-18-11-5-3-10(4-6-11)15-12(13(17)19-2)7-9(8-16)14-15/h3-6,12,16H,7-8H2,1-2H3. The molecule has 102 valence electrons. The van der Waals surface area contributed by atoms with Crippen LogP contribution in [0.1, 0.15) is 6.42 Å². The summed E-state index contributed by atoms with van der Waals surface area (Å²) in [7, 11) is 2.93. The molecule has 0 saturated carbocycles. The third kappa shape index (κ3) is 2.68. The number of carbonyl (C=O) groups excluding carboxylic acids is 1. The summed E-state index contributed by atoms with van der Waals surface area (Å²) in [5.74, 6) is 0.354. The Bertz CT molecular complexity index is 484. The van der Waals surface area contributed by atoms with Gasteiger partial charge in [-0.2, -0.15) is 5.10 Å². The summed E-state index contributed by atoms with van der Waals surface area (Å²) in [5, 5.41) is 15.0. The van der Waals surface area contributed by atoms with Crippen LogP contribution < -0.4 is 9.75 Å². The first-order chi connectivity index (χ1) is 9.19. The van der Waals surface area contributed by atoms with Gasteiger partial charge in [0.25, 0.3) is 0 Å². The van der Waals surface area contributed by atoms with Crippen LogP contribution in [0, 0.1) is 0 Å². The predicted octanol–water partition coefficient (Wildman–Crippen LogP) is 0.795. The molecule has 2 rings (SSSR count). The van der Waals surface area contributed by atoms with Crippen molar-refractivity contribution in [1.82, 2.24) is 0 Å². The molecule has 19 heavy (non-hydrogen) atoms. The molecule has 1 aliphatic heterocycles. The van der Waals surface area contributed by atoms with Gasteiger partial charge in [0.05, 0.1) is 32.2 Å². The number of aliphatic hydroxyl groups excluding tert-OH is 1. The Morgan fingerprint density at radius 1 is 1.42 bits per heavy atom. The molecule has 1 unspecified atom stereocenters. The number of carbonyl (C=O) groups is 1. The van der Waals surface area contributed by atoms with Crippen molar-refractivity contribution in [3.8, 4) is 5.75 Å². The van der Waals surface area contributed by atoms with Crippen LogP contribution in [0.4, 0.5) is 5.69 Å². The monoisotopic (exact) mass is 264 g/mol. The van der Waals surface area contributed by atoms with Crippen LogP contribution in [0.2, 0.25) is 0 Å². The number of ether oxygens (including phenoxy) is 2. The first kappa shape index (κ1) is 13.4. The molecule has 1 heterocycles. The Kier molecular flexibility index (Phi) is 4.01. The second-order valence-electron chi connectivity index (χ2n) is 4.11. The Labute approximate surface area is 111 Å². The van der Waals surface area contributed by atoms with Crippen LogP contribution in [-0.4, -0.2) is 43.7 Å². The van der Waals surface area contributed by atoms with Crippen molar-refractivity contribution >= 4 is 17.4 Å². The summed E-state index contributed by atoms with van der Waals surface area (Å²) >= 11 is 0. The molecular weight excluding hydrogens is 248 g/mol. The van der Waals surface area contributed by atoms with Gasteiger partial charge in [0.15, 0.2) is 6.04 Å². The Morgan fingerprint density at radius 2 is 2.11 bits per heavy atom. The first-order valence-corrected chi connectivity index (χ1v) is 5.88. The van der Waals surface area contributed by atoms with Gasteiger partial charge in [-0.25, -0.2) is 4.79 Å². The van der Waals surface area contributed by atoms with Gasteiger partial charge in [0.1, 0.15) is 5.75 Å². The van der Waals surface area contributed by atoms with E-state index in [0.717, 1.165) is 11.4 Å².